The maximum absolute atomic E-state index is 12.1. The maximum Gasteiger partial charge on any atom is 0.233 e. The van der Waals surface area contributed by atoms with Gasteiger partial charge in [0.05, 0.1) is 5.75 Å². The molecule has 1 aliphatic rings. The Labute approximate surface area is 113 Å². The monoisotopic (exact) mass is 264 g/mol. The number of benzene rings is 1. The van der Waals surface area contributed by atoms with Gasteiger partial charge in [0.2, 0.25) is 5.91 Å². The largest absolute Gasteiger partial charge is 0.339 e. The second-order valence-corrected chi connectivity index (χ2v) is 5.47. The Morgan fingerprint density at radius 3 is 2.44 bits per heavy atom. The van der Waals surface area contributed by atoms with E-state index >= 15 is 0 Å². The Morgan fingerprint density at radius 2 is 1.83 bits per heavy atom. The molecule has 1 saturated heterocycles. The van der Waals surface area contributed by atoms with Gasteiger partial charge >= 0.3 is 0 Å². The van der Waals surface area contributed by atoms with E-state index in [1.54, 1.807) is 11.8 Å². The summed E-state index contributed by atoms with van der Waals surface area (Å²) in [6, 6.07) is 10.1. The number of hydrogen-bond donors (Lipinski definition) is 0. The van der Waals surface area contributed by atoms with Gasteiger partial charge in [-0.3, -0.25) is 4.79 Å². The minimum atomic E-state index is 0.264. The van der Waals surface area contributed by atoms with E-state index in [-0.39, 0.29) is 5.91 Å². The lowest BCUT2D eigenvalue weighted by Gasteiger charge is -2.34. The summed E-state index contributed by atoms with van der Waals surface area (Å²) in [7, 11) is 0. The van der Waals surface area contributed by atoms with Crippen molar-refractivity contribution in [2.24, 2.45) is 0 Å². The van der Waals surface area contributed by atoms with Crippen LogP contribution in [0.15, 0.2) is 35.2 Å². The zero-order valence-corrected chi connectivity index (χ0v) is 11.7. The summed E-state index contributed by atoms with van der Waals surface area (Å²) in [6.45, 7) is 7.03. The molecule has 98 valence electrons. The van der Waals surface area contributed by atoms with Crippen molar-refractivity contribution in [2.75, 3.05) is 38.5 Å². The first-order valence-corrected chi connectivity index (χ1v) is 7.46. The molecule has 1 fully saturated rings. The predicted octanol–water partition coefficient (Wildman–Crippen LogP) is 1.94. The highest BCUT2D eigenvalue weighted by molar-refractivity contribution is 8.00. The van der Waals surface area contributed by atoms with E-state index in [0.29, 0.717) is 5.75 Å². The molecule has 0 unspecified atom stereocenters. The second-order valence-electron chi connectivity index (χ2n) is 4.42. The number of carbonyl (C=O) groups is 1. The summed E-state index contributed by atoms with van der Waals surface area (Å²) < 4.78 is 0. The van der Waals surface area contributed by atoms with Crippen LogP contribution in [0, 0.1) is 0 Å². The molecule has 4 heteroatoms. The van der Waals surface area contributed by atoms with Crippen LogP contribution in [-0.4, -0.2) is 54.2 Å². The lowest BCUT2D eigenvalue weighted by molar-refractivity contribution is -0.130. The van der Waals surface area contributed by atoms with E-state index < -0.39 is 0 Å². The molecular formula is C14H20N2OS. The highest BCUT2D eigenvalue weighted by Crippen LogP contribution is 2.17. The molecule has 0 bridgehead atoms. The Hall–Kier alpha value is -1.00. The minimum Gasteiger partial charge on any atom is -0.339 e. The first kappa shape index (κ1) is 13.4. The van der Waals surface area contributed by atoms with Gasteiger partial charge < -0.3 is 9.80 Å². The molecular weight excluding hydrogens is 244 g/mol. The topological polar surface area (TPSA) is 23.6 Å². The standard InChI is InChI=1S/C14H20N2OS/c1-2-15-8-10-16(11-9-15)14(17)12-18-13-6-4-3-5-7-13/h3-7H,2,8-12H2,1H3. The molecule has 0 radical (unpaired) electrons. The van der Waals surface area contributed by atoms with Gasteiger partial charge in [0.25, 0.3) is 0 Å². The Balaban J connectivity index is 1.75. The molecule has 1 aliphatic heterocycles. The summed E-state index contributed by atoms with van der Waals surface area (Å²) in [5, 5.41) is 0. The zero-order valence-electron chi connectivity index (χ0n) is 10.8. The maximum atomic E-state index is 12.1. The predicted molar refractivity (Wildman–Crippen MR) is 75.9 cm³/mol. The fourth-order valence-electron chi connectivity index (χ4n) is 2.07. The SMILES string of the molecule is CCN1CCN(C(=O)CSc2ccccc2)CC1. The van der Waals surface area contributed by atoms with Crippen molar-refractivity contribution in [2.45, 2.75) is 11.8 Å². The molecule has 2 rings (SSSR count). The lowest BCUT2D eigenvalue weighted by Crippen LogP contribution is -2.49. The van der Waals surface area contributed by atoms with Crippen LogP contribution < -0.4 is 0 Å². The molecule has 1 amide bonds. The molecule has 3 nitrogen and oxygen atoms in total. The number of carbonyl (C=O) groups excluding carboxylic acids is 1. The molecule has 0 aromatic heterocycles. The highest BCUT2D eigenvalue weighted by atomic mass is 32.2. The van der Waals surface area contributed by atoms with Gasteiger partial charge in [-0.1, -0.05) is 25.1 Å². The van der Waals surface area contributed by atoms with Gasteiger partial charge in [-0.05, 0) is 18.7 Å². The van der Waals surface area contributed by atoms with Gasteiger partial charge in [-0.2, -0.15) is 0 Å². The molecule has 0 saturated carbocycles. The summed E-state index contributed by atoms with van der Waals surface area (Å²) in [6.07, 6.45) is 0. The quantitative estimate of drug-likeness (QED) is 0.777. The summed E-state index contributed by atoms with van der Waals surface area (Å²) in [4.78, 5) is 17.6. The molecule has 0 spiro atoms. The number of amides is 1. The summed E-state index contributed by atoms with van der Waals surface area (Å²) in [5.74, 6) is 0.815. The summed E-state index contributed by atoms with van der Waals surface area (Å²) in [5.41, 5.74) is 0. The van der Waals surface area contributed by atoms with Gasteiger partial charge in [0.1, 0.15) is 0 Å². The van der Waals surface area contributed by atoms with Crippen molar-refractivity contribution in [1.82, 2.24) is 9.80 Å². The Morgan fingerprint density at radius 1 is 1.17 bits per heavy atom. The zero-order chi connectivity index (χ0) is 12.8. The van der Waals surface area contributed by atoms with E-state index in [2.05, 4.69) is 11.8 Å². The van der Waals surface area contributed by atoms with Crippen molar-refractivity contribution < 1.29 is 4.79 Å². The van der Waals surface area contributed by atoms with Gasteiger partial charge in [-0.15, -0.1) is 11.8 Å². The molecule has 1 heterocycles. The molecule has 0 atom stereocenters. The molecule has 0 N–H and O–H groups in total. The molecule has 18 heavy (non-hydrogen) atoms. The third-order valence-corrected chi connectivity index (χ3v) is 4.27. The third kappa shape index (κ3) is 3.75. The smallest absolute Gasteiger partial charge is 0.233 e. The van der Waals surface area contributed by atoms with E-state index in [1.165, 1.54) is 0 Å². The number of thioether (sulfide) groups is 1. The van der Waals surface area contributed by atoms with Crippen LogP contribution in [0.5, 0.6) is 0 Å². The average molecular weight is 264 g/mol. The fourth-order valence-corrected chi connectivity index (χ4v) is 2.89. The van der Waals surface area contributed by atoms with Gasteiger partial charge in [-0.25, -0.2) is 0 Å². The molecule has 0 aliphatic carbocycles. The fraction of sp³-hybridized carbons (Fsp3) is 0.500. The van der Waals surface area contributed by atoms with E-state index in [0.717, 1.165) is 37.6 Å². The number of piperazine rings is 1. The average Bonchev–Trinajstić information content (AvgIpc) is 2.46. The van der Waals surface area contributed by atoms with Crippen molar-refractivity contribution in [3.8, 4) is 0 Å². The Kier molecular flexibility index (Phi) is 5.08. The highest BCUT2D eigenvalue weighted by Gasteiger charge is 2.19. The van der Waals surface area contributed by atoms with Crippen LogP contribution in [0.1, 0.15) is 6.92 Å². The third-order valence-electron chi connectivity index (χ3n) is 3.28. The van der Waals surface area contributed by atoms with Crippen LogP contribution in [0.4, 0.5) is 0 Å². The number of likely N-dealkylation sites (N-methyl/N-ethyl adjacent to an activating group) is 1. The normalized spacial score (nSPS) is 16.8. The Bertz CT molecular complexity index is 375. The second kappa shape index (κ2) is 6.81. The van der Waals surface area contributed by atoms with Crippen LogP contribution in [-0.2, 0) is 4.79 Å². The van der Waals surface area contributed by atoms with E-state index in [1.807, 2.05) is 35.2 Å². The van der Waals surface area contributed by atoms with Crippen molar-refractivity contribution in [1.29, 1.82) is 0 Å². The summed E-state index contributed by atoms with van der Waals surface area (Å²) >= 11 is 1.62. The van der Waals surface area contributed by atoms with Crippen LogP contribution in [0.2, 0.25) is 0 Å². The van der Waals surface area contributed by atoms with Crippen LogP contribution in [0.3, 0.4) is 0 Å². The van der Waals surface area contributed by atoms with Crippen molar-refractivity contribution in [3.05, 3.63) is 30.3 Å². The molecule has 1 aromatic carbocycles. The minimum absolute atomic E-state index is 0.264. The van der Waals surface area contributed by atoms with Gasteiger partial charge in [0, 0.05) is 31.1 Å². The first-order valence-electron chi connectivity index (χ1n) is 6.47. The number of nitrogens with zero attached hydrogens (tertiary/aromatic N) is 2. The van der Waals surface area contributed by atoms with Crippen molar-refractivity contribution >= 4 is 17.7 Å². The van der Waals surface area contributed by atoms with E-state index in [4.69, 9.17) is 0 Å². The van der Waals surface area contributed by atoms with Crippen LogP contribution in [0.25, 0.3) is 0 Å². The lowest BCUT2D eigenvalue weighted by atomic mass is 10.3. The van der Waals surface area contributed by atoms with E-state index in [9.17, 15) is 4.79 Å². The number of rotatable bonds is 4. The van der Waals surface area contributed by atoms with Gasteiger partial charge in [0.15, 0.2) is 0 Å². The van der Waals surface area contributed by atoms with Crippen molar-refractivity contribution in [3.63, 3.8) is 0 Å². The van der Waals surface area contributed by atoms with Crippen LogP contribution >= 0.6 is 11.8 Å². The first-order chi connectivity index (χ1) is 8.79. The number of hydrogen-bond acceptors (Lipinski definition) is 3. The molecule has 1 aromatic rings.